The van der Waals surface area contributed by atoms with Crippen LogP contribution >= 0.6 is 33.9 Å². The average Bonchev–Trinajstić information content (AvgIpc) is 2.81. The van der Waals surface area contributed by atoms with Crippen LogP contribution in [0.5, 0.6) is 0 Å². The molecule has 0 aliphatic carbocycles. The minimum Gasteiger partial charge on any atom is -0.461 e. The van der Waals surface area contributed by atoms with Crippen LogP contribution in [0.15, 0.2) is 29.6 Å². The first kappa shape index (κ1) is 13.3. The Balaban J connectivity index is 2.06. The molecule has 0 saturated heterocycles. The average molecular weight is 374 g/mol. The van der Waals surface area contributed by atoms with Gasteiger partial charge in [0, 0.05) is 14.6 Å². The highest BCUT2D eigenvalue weighted by atomic mass is 127. The molecule has 94 valence electrons. The molecule has 0 saturated carbocycles. The van der Waals surface area contributed by atoms with E-state index in [1.54, 1.807) is 12.3 Å². The maximum Gasteiger partial charge on any atom is 0.357 e. The topological polar surface area (TPSA) is 51.2 Å². The first-order valence-electron chi connectivity index (χ1n) is 5.34. The van der Waals surface area contributed by atoms with Crippen molar-refractivity contribution in [2.45, 2.75) is 6.92 Å². The summed E-state index contributed by atoms with van der Waals surface area (Å²) < 4.78 is 6.05. The molecular weight excluding hydrogens is 363 g/mol. The summed E-state index contributed by atoms with van der Waals surface area (Å²) >= 11 is 3.63. The van der Waals surface area contributed by atoms with Crippen LogP contribution < -0.4 is 5.32 Å². The smallest absolute Gasteiger partial charge is 0.357 e. The number of anilines is 2. The molecule has 1 aromatic heterocycles. The van der Waals surface area contributed by atoms with Gasteiger partial charge < -0.3 is 10.1 Å². The molecular formula is C12H11IN2O2S. The van der Waals surface area contributed by atoms with Gasteiger partial charge in [-0.2, -0.15) is 0 Å². The van der Waals surface area contributed by atoms with Crippen molar-refractivity contribution in [2.24, 2.45) is 0 Å². The monoisotopic (exact) mass is 374 g/mol. The van der Waals surface area contributed by atoms with E-state index < -0.39 is 0 Å². The van der Waals surface area contributed by atoms with Crippen LogP contribution in [0.3, 0.4) is 0 Å². The van der Waals surface area contributed by atoms with Gasteiger partial charge in [0.15, 0.2) is 10.8 Å². The number of nitrogens with one attached hydrogen (secondary N) is 1. The minimum atomic E-state index is -0.385. The molecule has 4 nitrogen and oxygen atoms in total. The molecule has 0 radical (unpaired) electrons. The van der Waals surface area contributed by atoms with E-state index in [1.807, 2.05) is 24.3 Å². The van der Waals surface area contributed by atoms with E-state index in [0.717, 1.165) is 5.69 Å². The molecule has 6 heteroatoms. The minimum absolute atomic E-state index is 0.342. The van der Waals surface area contributed by atoms with Crippen LogP contribution in [0.2, 0.25) is 0 Å². The fraction of sp³-hybridized carbons (Fsp3) is 0.167. The van der Waals surface area contributed by atoms with Gasteiger partial charge in [0.1, 0.15) is 0 Å². The van der Waals surface area contributed by atoms with Crippen LogP contribution in [0.25, 0.3) is 0 Å². The molecule has 0 atom stereocenters. The summed E-state index contributed by atoms with van der Waals surface area (Å²) in [6, 6.07) is 7.94. The lowest BCUT2D eigenvalue weighted by atomic mass is 10.3. The molecule has 2 aromatic rings. The Morgan fingerprint density at radius 1 is 1.44 bits per heavy atom. The zero-order valence-corrected chi connectivity index (χ0v) is 12.6. The van der Waals surface area contributed by atoms with Crippen LogP contribution in [-0.4, -0.2) is 17.6 Å². The highest BCUT2D eigenvalue weighted by Crippen LogP contribution is 2.21. The van der Waals surface area contributed by atoms with Crippen molar-refractivity contribution in [3.05, 3.63) is 38.9 Å². The fourth-order valence-corrected chi connectivity index (χ4v) is 2.35. The number of aromatic nitrogens is 1. The van der Waals surface area contributed by atoms with Crippen LogP contribution in [0.1, 0.15) is 17.4 Å². The van der Waals surface area contributed by atoms with Gasteiger partial charge in [0.05, 0.1) is 6.61 Å². The molecule has 2 rings (SSSR count). The van der Waals surface area contributed by atoms with Gasteiger partial charge in [-0.25, -0.2) is 9.78 Å². The Morgan fingerprint density at radius 2 is 2.17 bits per heavy atom. The summed E-state index contributed by atoms with van der Waals surface area (Å²) in [5.74, 6) is -0.385. The van der Waals surface area contributed by atoms with E-state index in [1.165, 1.54) is 14.9 Å². The van der Waals surface area contributed by atoms with Crippen molar-refractivity contribution in [3.63, 3.8) is 0 Å². The number of carbonyl (C=O) groups excluding carboxylic acids is 1. The Bertz CT molecular complexity index is 539. The van der Waals surface area contributed by atoms with E-state index >= 15 is 0 Å². The molecule has 18 heavy (non-hydrogen) atoms. The molecule has 0 aliphatic heterocycles. The van der Waals surface area contributed by atoms with Gasteiger partial charge >= 0.3 is 5.97 Å². The first-order valence-corrected chi connectivity index (χ1v) is 7.30. The SMILES string of the molecule is CCOC(=O)c1csc(Nc2ccc(I)cc2)n1. The molecule has 0 bridgehead atoms. The normalized spacial score (nSPS) is 10.1. The quantitative estimate of drug-likeness (QED) is 0.656. The first-order chi connectivity index (χ1) is 8.69. The van der Waals surface area contributed by atoms with Crippen molar-refractivity contribution in [1.29, 1.82) is 0 Å². The van der Waals surface area contributed by atoms with E-state index in [-0.39, 0.29) is 5.97 Å². The number of esters is 1. The summed E-state index contributed by atoms with van der Waals surface area (Å²) in [6.45, 7) is 2.13. The molecule has 0 spiro atoms. The van der Waals surface area contributed by atoms with Crippen molar-refractivity contribution in [3.8, 4) is 0 Å². The Labute approximate surface area is 123 Å². The standard InChI is InChI=1S/C12H11IN2O2S/c1-2-17-11(16)10-7-18-12(15-10)14-9-5-3-8(13)4-6-9/h3-7H,2H2,1H3,(H,14,15). The number of hydrogen-bond donors (Lipinski definition) is 1. The van der Waals surface area contributed by atoms with E-state index in [9.17, 15) is 4.79 Å². The van der Waals surface area contributed by atoms with Crippen molar-refractivity contribution in [2.75, 3.05) is 11.9 Å². The van der Waals surface area contributed by atoms with E-state index in [2.05, 4.69) is 32.9 Å². The summed E-state index contributed by atoms with van der Waals surface area (Å²) in [6.07, 6.45) is 0. The van der Waals surface area contributed by atoms with Crippen molar-refractivity contribution >= 4 is 50.7 Å². The Hall–Kier alpha value is -1.15. The number of benzene rings is 1. The largest absolute Gasteiger partial charge is 0.461 e. The number of hydrogen-bond acceptors (Lipinski definition) is 5. The fourth-order valence-electron chi connectivity index (χ4n) is 1.29. The molecule has 1 aromatic carbocycles. The summed E-state index contributed by atoms with van der Waals surface area (Å²) in [5.41, 5.74) is 1.29. The lowest BCUT2D eigenvalue weighted by Gasteiger charge is -2.01. The zero-order chi connectivity index (χ0) is 13.0. The third-order valence-electron chi connectivity index (χ3n) is 2.08. The highest BCUT2D eigenvalue weighted by Gasteiger charge is 2.11. The number of carbonyl (C=O) groups is 1. The number of rotatable bonds is 4. The molecule has 1 N–H and O–H groups in total. The Kier molecular flexibility index (Phi) is 4.54. The Morgan fingerprint density at radius 3 is 2.83 bits per heavy atom. The van der Waals surface area contributed by atoms with Gasteiger partial charge in [-0.3, -0.25) is 0 Å². The predicted molar refractivity (Wildman–Crippen MR) is 80.5 cm³/mol. The van der Waals surface area contributed by atoms with Gasteiger partial charge in [0.25, 0.3) is 0 Å². The summed E-state index contributed by atoms with van der Waals surface area (Å²) in [7, 11) is 0. The molecule has 0 fully saturated rings. The maximum atomic E-state index is 11.4. The van der Waals surface area contributed by atoms with Gasteiger partial charge in [0.2, 0.25) is 0 Å². The molecule has 0 amide bonds. The van der Waals surface area contributed by atoms with Crippen LogP contribution in [-0.2, 0) is 4.74 Å². The lowest BCUT2D eigenvalue weighted by molar-refractivity contribution is 0.0520. The lowest BCUT2D eigenvalue weighted by Crippen LogP contribution is -2.04. The van der Waals surface area contributed by atoms with Crippen molar-refractivity contribution < 1.29 is 9.53 Å². The number of halogens is 1. The summed E-state index contributed by atoms with van der Waals surface area (Å²) in [5, 5.41) is 5.51. The summed E-state index contributed by atoms with van der Waals surface area (Å²) in [4.78, 5) is 15.6. The third-order valence-corrected chi connectivity index (χ3v) is 3.56. The second-order valence-electron chi connectivity index (χ2n) is 3.39. The predicted octanol–water partition coefficient (Wildman–Crippen LogP) is 3.67. The van der Waals surface area contributed by atoms with Crippen LogP contribution in [0.4, 0.5) is 10.8 Å². The molecule has 0 unspecified atom stereocenters. The van der Waals surface area contributed by atoms with Crippen LogP contribution in [0, 0.1) is 3.57 Å². The van der Waals surface area contributed by atoms with Gasteiger partial charge in [-0.1, -0.05) is 0 Å². The molecule has 1 heterocycles. The maximum absolute atomic E-state index is 11.4. The van der Waals surface area contributed by atoms with E-state index in [4.69, 9.17) is 4.74 Å². The highest BCUT2D eigenvalue weighted by molar-refractivity contribution is 14.1. The number of thiazole rings is 1. The van der Waals surface area contributed by atoms with E-state index in [0.29, 0.717) is 17.4 Å². The number of ether oxygens (including phenoxy) is 1. The number of nitrogens with zero attached hydrogens (tertiary/aromatic N) is 1. The zero-order valence-electron chi connectivity index (χ0n) is 9.64. The third kappa shape index (κ3) is 3.42. The second kappa shape index (κ2) is 6.14. The van der Waals surface area contributed by atoms with Gasteiger partial charge in [-0.15, -0.1) is 11.3 Å². The van der Waals surface area contributed by atoms with Gasteiger partial charge in [-0.05, 0) is 53.8 Å². The van der Waals surface area contributed by atoms with Crippen molar-refractivity contribution in [1.82, 2.24) is 4.98 Å². The second-order valence-corrected chi connectivity index (χ2v) is 5.49. The molecule has 0 aliphatic rings.